The number of rotatable bonds is 1. The van der Waals surface area contributed by atoms with E-state index in [1.54, 1.807) is 11.0 Å². The van der Waals surface area contributed by atoms with Gasteiger partial charge in [-0.25, -0.2) is 0 Å². The van der Waals surface area contributed by atoms with Gasteiger partial charge in [-0.15, -0.1) is 0 Å². The highest BCUT2D eigenvalue weighted by Crippen LogP contribution is 2.28. The smallest absolute Gasteiger partial charge is 0.280 e. The molecule has 1 aromatic heterocycles. The molecule has 1 aromatic carbocycles. The van der Waals surface area contributed by atoms with Gasteiger partial charge >= 0.3 is 0 Å². The number of nitrogens with one attached hydrogen (secondary N) is 1. The average Bonchev–Trinajstić information content (AvgIpc) is 2.85. The lowest BCUT2D eigenvalue weighted by molar-refractivity contribution is 0.0978. The van der Waals surface area contributed by atoms with E-state index >= 15 is 0 Å². The van der Waals surface area contributed by atoms with Crippen molar-refractivity contribution in [3.63, 3.8) is 0 Å². The number of fused-ring (bicyclic) bond motifs is 1. The summed E-state index contributed by atoms with van der Waals surface area (Å²) in [6.45, 7) is 1.54. The van der Waals surface area contributed by atoms with Crippen molar-refractivity contribution in [1.82, 2.24) is 5.16 Å². The molecule has 0 saturated carbocycles. The molecule has 0 unspecified atom stereocenters. The first kappa shape index (κ1) is 10.8. The second kappa shape index (κ2) is 4.52. The fourth-order valence-electron chi connectivity index (χ4n) is 2.11. The molecule has 2 heterocycles. The number of hydrogen-bond donors (Lipinski definition) is 1. The fourth-order valence-corrected chi connectivity index (χ4v) is 2.11. The van der Waals surface area contributed by atoms with Crippen molar-refractivity contribution < 1.29 is 9.32 Å². The molecule has 0 spiro atoms. The van der Waals surface area contributed by atoms with Crippen LogP contribution in [0.3, 0.4) is 0 Å². The first-order valence-corrected chi connectivity index (χ1v) is 5.91. The summed E-state index contributed by atoms with van der Waals surface area (Å²) in [4.78, 5) is 14.1. The number of hydrogen-bond acceptors (Lipinski definition) is 4. The van der Waals surface area contributed by atoms with E-state index in [1.807, 2.05) is 24.3 Å². The Hall–Kier alpha value is -2.30. The normalized spacial score (nSPS) is 14.6. The van der Waals surface area contributed by atoms with Crippen molar-refractivity contribution in [1.29, 1.82) is 0 Å². The van der Waals surface area contributed by atoms with Gasteiger partial charge in [0.05, 0.1) is 11.4 Å². The number of aromatic nitrogens is 1. The zero-order valence-electron chi connectivity index (χ0n) is 9.80. The molecule has 1 aliphatic rings. The number of nitrogens with zero attached hydrogens (tertiary/aromatic N) is 2. The second-order valence-corrected chi connectivity index (χ2v) is 4.14. The molecular formula is C13H13N3O2. The maximum absolute atomic E-state index is 12.4. The monoisotopic (exact) mass is 243 g/mol. The van der Waals surface area contributed by atoms with Crippen LogP contribution in [0.25, 0.3) is 0 Å². The molecule has 0 bridgehead atoms. The van der Waals surface area contributed by atoms with Gasteiger partial charge in [0.1, 0.15) is 6.26 Å². The van der Waals surface area contributed by atoms with E-state index in [1.165, 1.54) is 6.26 Å². The summed E-state index contributed by atoms with van der Waals surface area (Å²) in [6.07, 6.45) is 2.31. The molecule has 1 N–H and O–H groups in total. The zero-order chi connectivity index (χ0) is 12.4. The minimum Gasteiger partial charge on any atom is -0.383 e. The predicted octanol–water partition coefficient (Wildman–Crippen LogP) is 2.14. The molecule has 0 atom stereocenters. The molecule has 1 aliphatic heterocycles. The molecule has 2 aromatic rings. The summed E-state index contributed by atoms with van der Waals surface area (Å²) in [5.74, 6) is -0.125. The van der Waals surface area contributed by atoms with Crippen LogP contribution in [0.15, 0.2) is 41.1 Å². The van der Waals surface area contributed by atoms with Crippen molar-refractivity contribution in [2.45, 2.75) is 6.42 Å². The molecule has 0 radical (unpaired) electrons. The molecule has 1 amide bonds. The van der Waals surface area contributed by atoms with E-state index in [0.29, 0.717) is 12.2 Å². The number of carbonyl (C=O) groups is 1. The third-order valence-electron chi connectivity index (χ3n) is 2.97. The summed E-state index contributed by atoms with van der Waals surface area (Å²) in [5.41, 5.74) is 2.21. The highest BCUT2D eigenvalue weighted by molar-refractivity contribution is 6.06. The number of para-hydroxylation sites is 2. The highest BCUT2D eigenvalue weighted by Gasteiger charge is 2.23. The molecule has 0 fully saturated rings. The Balaban J connectivity index is 1.99. The van der Waals surface area contributed by atoms with Gasteiger partial charge in [-0.05, 0) is 18.6 Å². The predicted molar refractivity (Wildman–Crippen MR) is 67.7 cm³/mol. The summed E-state index contributed by atoms with van der Waals surface area (Å²) in [5, 5.41) is 7.03. The number of benzene rings is 1. The van der Waals surface area contributed by atoms with E-state index in [2.05, 4.69) is 10.5 Å². The maximum Gasteiger partial charge on any atom is 0.280 e. The lowest BCUT2D eigenvalue weighted by atomic mass is 10.2. The Morgan fingerprint density at radius 1 is 1.33 bits per heavy atom. The van der Waals surface area contributed by atoms with Crippen LogP contribution < -0.4 is 10.2 Å². The van der Waals surface area contributed by atoms with Crippen LogP contribution in [0.4, 0.5) is 11.4 Å². The standard InChI is InChI=1S/C13H13N3O2/c17-13(11-6-9-18-15-11)16-8-3-7-14-10-4-1-2-5-12(10)16/h1-2,4-6,9,14H,3,7-8H2. The van der Waals surface area contributed by atoms with E-state index in [9.17, 15) is 4.79 Å². The SMILES string of the molecule is O=C(c1ccon1)N1CCCNc2ccccc21. The van der Waals surface area contributed by atoms with Crippen molar-refractivity contribution >= 4 is 17.3 Å². The Bertz CT molecular complexity index is 551. The maximum atomic E-state index is 12.4. The summed E-state index contributed by atoms with van der Waals surface area (Å²) in [7, 11) is 0. The van der Waals surface area contributed by atoms with Crippen molar-refractivity contribution in [2.75, 3.05) is 23.3 Å². The van der Waals surface area contributed by atoms with Gasteiger partial charge in [0.2, 0.25) is 0 Å². The quantitative estimate of drug-likeness (QED) is 0.833. The Kier molecular flexibility index (Phi) is 2.72. The largest absolute Gasteiger partial charge is 0.383 e. The first-order chi connectivity index (χ1) is 8.86. The molecule has 18 heavy (non-hydrogen) atoms. The Labute approximate surface area is 104 Å². The average molecular weight is 243 g/mol. The third-order valence-corrected chi connectivity index (χ3v) is 2.97. The first-order valence-electron chi connectivity index (χ1n) is 5.91. The van der Waals surface area contributed by atoms with Crippen LogP contribution in [-0.2, 0) is 0 Å². The van der Waals surface area contributed by atoms with Gasteiger partial charge < -0.3 is 14.7 Å². The van der Waals surface area contributed by atoms with Gasteiger partial charge in [-0.1, -0.05) is 17.3 Å². The van der Waals surface area contributed by atoms with E-state index < -0.39 is 0 Å². The van der Waals surface area contributed by atoms with Crippen molar-refractivity contribution in [3.8, 4) is 0 Å². The summed E-state index contributed by atoms with van der Waals surface area (Å²) < 4.78 is 4.73. The second-order valence-electron chi connectivity index (χ2n) is 4.14. The van der Waals surface area contributed by atoms with E-state index in [4.69, 9.17) is 4.52 Å². The van der Waals surface area contributed by atoms with Gasteiger partial charge in [0.15, 0.2) is 5.69 Å². The molecule has 5 heteroatoms. The van der Waals surface area contributed by atoms with Crippen LogP contribution in [0.2, 0.25) is 0 Å². The molecule has 0 saturated heterocycles. The summed E-state index contributed by atoms with van der Waals surface area (Å²) >= 11 is 0. The number of anilines is 2. The topological polar surface area (TPSA) is 58.4 Å². The van der Waals surface area contributed by atoms with Gasteiger partial charge in [-0.3, -0.25) is 4.79 Å². The van der Waals surface area contributed by atoms with Gasteiger partial charge in [0.25, 0.3) is 5.91 Å². The minimum absolute atomic E-state index is 0.125. The minimum atomic E-state index is -0.125. The van der Waals surface area contributed by atoms with Crippen LogP contribution >= 0.6 is 0 Å². The lowest BCUT2D eigenvalue weighted by Crippen LogP contribution is -2.31. The molecule has 3 rings (SSSR count). The van der Waals surface area contributed by atoms with Crippen molar-refractivity contribution in [3.05, 3.63) is 42.3 Å². The Morgan fingerprint density at radius 2 is 2.22 bits per heavy atom. The number of amides is 1. The highest BCUT2D eigenvalue weighted by atomic mass is 16.5. The number of carbonyl (C=O) groups excluding carboxylic acids is 1. The Morgan fingerprint density at radius 3 is 3.06 bits per heavy atom. The van der Waals surface area contributed by atoms with Gasteiger partial charge in [-0.2, -0.15) is 0 Å². The van der Waals surface area contributed by atoms with E-state index in [-0.39, 0.29) is 5.91 Å². The molecular weight excluding hydrogens is 230 g/mol. The lowest BCUT2D eigenvalue weighted by Gasteiger charge is -2.21. The molecule has 5 nitrogen and oxygen atoms in total. The van der Waals surface area contributed by atoms with Crippen LogP contribution in [-0.4, -0.2) is 24.2 Å². The zero-order valence-corrected chi connectivity index (χ0v) is 9.80. The van der Waals surface area contributed by atoms with Gasteiger partial charge in [0, 0.05) is 19.2 Å². The van der Waals surface area contributed by atoms with Crippen LogP contribution in [0, 0.1) is 0 Å². The van der Waals surface area contributed by atoms with Crippen LogP contribution in [0.1, 0.15) is 16.9 Å². The van der Waals surface area contributed by atoms with Crippen molar-refractivity contribution in [2.24, 2.45) is 0 Å². The van der Waals surface area contributed by atoms with E-state index in [0.717, 1.165) is 24.3 Å². The van der Waals surface area contributed by atoms with Crippen LogP contribution in [0.5, 0.6) is 0 Å². The molecule has 92 valence electrons. The fraction of sp³-hybridized carbons (Fsp3) is 0.231. The third kappa shape index (κ3) is 1.84. The molecule has 0 aliphatic carbocycles. The summed E-state index contributed by atoms with van der Waals surface area (Å²) in [6, 6.07) is 9.38.